The summed E-state index contributed by atoms with van der Waals surface area (Å²) in [6.45, 7) is 4.59. The van der Waals surface area contributed by atoms with E-state index in [-0.39, 0.29) is 18.2 Å². The Hall–Kier alpha value is -2.80. The molecule has 0 fully saturated rings. The molecule has 3 heterocycles. The largest absolute Gasteiger partial charge is 0.380 e. The van der Waals surface area contributed by atoms with Crippen molar-refractivity contribution in [3.63, 3.8) is 0 Å². The molecule has 0 spiro atoms. The summed E-state index contributed by atoms with van der Waals surface area (Å²) in [5, 5.41) is 8.12. The van der Waals surface area contributed by atoms with Crippen molar-refractivity contribution in [2.45, 2.75) is 32.9 Å². The number of aromatic nitrogens is 5. The van der Waals surface area contributed by atoms with Gasteiger partial charge in [-0.2, -0.15) is 0 Å². The molecule has 0 saturated carbocycles. The number of hydrogen-bond acceptors (Lipinski definition) is 5. The number of pyridine rings is 1. The van der Waals surface area contributed by atoms with E-state index in [0.717, 1.165) is 5.56 Å². The van der Waals surface area contributed by atoms with Crippen molar-refractivity contribution in [2.75, 3.05) is 7.11 Å². The van der Waals surface area contributed by atoms with Crippen LogP contribution in [0.3, 0.4) is 0 Å². The first-order valence-corrected chi connectivity index (χ1v) is 8.13. The second kappa shape index (κ2) is 7.40. The average Bonchev–Trinajstić information content (AvgIpc) is 3.25. The number of ether oxygens (including phenoxy) is 1. The summed E-state index contributed by atoms with van der Waals surface area (Å²) in [5.74, 6) is 0.684. The number of Topliss-reactive ketones (excluding diaryl/α,β-unsaturated/α-hetero) is 1. The molecule has 25 heavy (non-hydrogen) atoms. The maximum atomic E-state index is 12.5. The number of aromatic amines is 1. The number of methoxy groups -OCH3 is 1. The third-order valence-electron chi connectivity index (χ3n) is 3.86. The minimum Gasteiger partial charge on any atom is -0.380 e. The fourth-order valence-electron chi connectivity index (χ4n) is 2.62. The van der Waals surface area contributed by atoms with Crippen LogP contribution < -0.4 is 0 Å². The van der Waals surface area contributed by atoms with Crippen LogP contribution in [0.5, 0.6) is 0 Å². The van der Waals surface area contributed by atoms with Gasteiger partial charge in [-0.1, -0.05) is 6.07 Å². The van der Waals surface area contributed by atoms with Crippen LogP contribution in [0.4, 0.5) is 0 Å². The van der Waals surface area contributed by atoms with Gasteiger partial charge >= 0.3 is 0 Å². The predicted octanol–water partition coefficient (Wildman–Crippen LogP) is 2.82. The smallest absolute Gasteiger partial charge is 0.184 e. The highest BCUT2D eigenvalue weighted by molar-refractivity contribution is 5.95. The Bertz CT molecular complexity index is 866. The van der Waals surface area contributed by atoms with E-state index in [0.29, 0.717) is 29.5 Å². The first-order valence-electron chi connectivity index (χ1n) is 8.13. The number of carbonyl (C=O) groups is 1. The van der Waals surface area contributed by atoms with Gasteiger partial charge in [0, 0.05) is 25.0 Å². The molecule has 0 bridgehead atoms. The molecule has 1 N–H and O–H groups in total. The van der Waals surface area contributed by atoms with Crippen LogP contribution >= 0.6 is 0 Å². The van der Waals surface area contributed by atoms with Gasteiger partial charge in [0.1, 0.15) is 12.0 Å². The zero-order chi connectivity index (χ0) is 17.8. The van der Waals surface area contributed by atoms with E-state index in [1.165, 1.54) is 0 Å². The molecule has 3 aromatic heterocycles. The Balaban J connectivity index is 1.79. The normalized spacial score (nSPS) is 11.2. The highest BCUT2D eigenvalue weighted by atomic mass is 16.5. The lowest BCUT2D eigenvalue weighted by atomic mass is 10.1. The summed E-state index contributed by atoms with van der Waals surface area (Å²) in [5.41, 5.74) is 2.91. The summed E-state index contributed by atoms with van der Waals surface area (Å²) in [4.78, 5) is 20.0. The van der Waals surface area contributed by atoms with Gasteiger partial charge in [0.05, 0.1) is 18.7 Å². The third kappa shape index (κ3) is 3.83. The number of nitrogens with zero attached hydrogens (tertiary/aromatic N) is 4. The molecule has 7 nitrogen and oxygen atoms in total. The lowest BCUT2D eigenvalue weighted by molar-refractivity contribution is 0.0987. The maximum absolute atomic E-state index is 12.5. The molecule has 0 aliphatic carbocycles. The molecule has 0 unspecified atom stereocenters. The number of ketones is 1. The van der Waals surface area contributed by atoms with E-state index in [2.05, 4.69) is 34.0 Å². The second-order valence-corrected chi connectivity index (χ2v) is 6.12. The maximum Gasteiger partial charge on any atom is 0.184 e. The number of rotatable bonds is 7. The number of nitrogens with one attached hydrogen (secondary N) is 1. The Morgan fingerprint density at radius 2 is 2.20 bits per heavy atom. The van der Waals surface area contributed by atoms with Crippen molar-refractivity contribution < 1.29 is 9.53 Å². The molecule has 3 rings (SSSR count). The first-order chi connectivity index (χ1) is 12.1. The van der Waals surface area contributed by atoms with Crippen LogP contribution in [0.15, 0.2) is 36.8 Å². The molecule has 7 heteroatoms. The SMILES string of the molecule is COCc1c[nH]c(C(=O)Cc2cccc(-c3nncn3C(C)C)n2)c1. The van der Waals surface area contributed by atoms with Crippen molar-refractivity contribution in [1.29, 1.82) is 0 Å². The zero-order valence-corrected chi connectivity index (χ0v) is 14.6. The van der Waals surface area contributed by atoms with Crippen LogP contribution in [0.1, 0.15) is 41.6 Å². The van der Waals surface area contributed by atoms with Crippen LogP contribution in [-0.4, -0.2) is 37.6 Å². The summed E-state index contributed by atoms with van der Waals surface area (Å²) in [7, 11) is 1.62. The topological polar surface area (TPSA) is 85.7 Å². The Morgan fingerprint density at radius 1 is 1.36 bits per heavy atom. The van der Waals surface area contributed by atoms with Crippen LogP contribution in [0, 0.1) is 0 Å². The lowest BCUT2D eigenvalue weighted by Gasteiger charge is -2.10. The van der Waals surface area contributed by atoms with Gasteiger partial charge in [-0.15, -0.1) is 10.2 Å². The van der Waals surface area contributed by atoms with Crippen molar-refractivity contribution in [3.05, 3.63) is 53.7 Å². The summed E-state index contributed by atoms with van der Waals surface area (Å²) in [6.07, 6.45) is 3.69. The molecule has 0 aromatic carbocycles. The van der Waals surface area contributed by atoms with E-state index in [9.17, 15) is 4.79 Å². The quantitative estimate of drug-likeness (QED) is 0.669. The van der Waals surface area contributed by atoms with Crippen molar-refractivity contribution in [1.82, 2.24) is 24.7 Å². The van der Waals surface area contributed by atoms with E-state index < -0.39 is 0 Å². The van der Waals surface area contributed by atoms with E-state index >= 15 is 0 Å². The van der Waals surface area contributed by atoms with Crippen molar-refractivity contribution in [2.24, 2.45) is 0 Å². The van der Waals surface area contributed by atoms with Gasteiger partial charge in [-0.3, -0.25) is 4.79 Å². The van der Waals surface area contributed by atoms with Crippen LogP contribution in [0.25, 0.3) is 11.5 Å². The van der Waals surface area contributed by atoms with E-state index in [1.807, 2.05) is 28.8 Å². The molecule has 0 atom stereocenters. The summed E-state index contributed by atoms with van der Waals surface area (Å²) < 4.78 is 7.02. The number of H-pyrrole nitrogens is 1. The van der Waals surface area contributed by atoms with E-state index in [1.54, 1.807) is 19.6 Å². The van der Waals surface area contributed by atoms with Gasteiger partial charge in [-0.25, -0.2) is 4.98 Å². The highest BCUT2D eigenvalue weighted by Crippen LogP contribution is 2.19. The lowest BCUT2D eigenvalue weighted by Crippen LogP contribution is -2.07. The monoisotopic (exact) mass is 339 g/mol. The molecular weight excluding hydrogens is 318 g/mol. The first kappa shape index (κ1) is 17.0. The minimum atomic E-state index is -0.0164. The second-order valence-electron chi connectivity index (χ2n) is 6.12. The fraction of sp³-hybridized carbons (Fsp3) is 0.333. The Morgan fingerprint density at radius 3 is 2.96 bits per heavy atom. The van der Waals surface area contributed by atoms with E-state index in [4.69, 9.17) is 4.74 Å². The average molecular weight is 339 g/mol. The van der Waals surface area contributed by atoms with Gasteiger partial charge < -0.3 is 14.3 Å². The summed E-state index contributed by atoms with van der Waals surface area (Å²) >= 11 is 0. The predicted molar refractivity (Wildman–Crippen MR) is 93.2 cm³/mol. The van der Waals surface area contributed by atoms with Gasteiger partial charge in [0.2, 0.25) is 0 Å². The van der Waals surface area contributed by atoms with Crippen molar-refractivity contribution >= 4 is 5.78 Å². The molecule has 0 radical (unpaired) electrons. The molecule has 0 saturated heterocycles. The summed E-state index contributed by atoms with van der Waals surface area (Å²) in [6, 6.07) is 7.65. The minimum absolute atomic E-state index is 0.0164. The van der Waals surface area contributed by atoms with Gasteiger partial charge in [-0.05, 0) is 37.6 Å². The Kier molecular flexibility index (Phi) is 5.04. The molecule has 0 aliphatic rings. The zero-order valence-electron chi connectivity index (χ0n) is 14.6. The Labute approximate surface area is 146 Å². The van der Waals surface area contributed by atoms with Gasteiger partial charge in [0.25, 0.3) is 0 Å². The van der Waals surface area contributed by atoms with Gasteiger partial charge in [0.15, 0.2) is 11.6 Å². The molecule has 0 aliphatic heterocycles. The molecule has 130 valence electrons. The van der Waals surface area contributed by atoms with Crippen molar-refractivity contribution in [3.8, 4) is 11.5 Å². The fourth-order valence-corrected chi connectivity index (χ4v) is 2.62. The number of carbonyl (C=O) groups excluding carboxylic acids is 1. The molecule has 0 amide bonds. The number of hydrogen-bond donors (Lipinski definition) is 1. The highest BCUT2D eigenvalue weighted by Gasteiger charge is 2.14. The van der Waals surface area contributed by atoms with Crippen LogP contribution in [0.2, 0.25) is 0 Å². The molecular formula is C18H21N5O2. The standard InChI is InChI=1S/C18H21N5O2/c1-12(2)23-11-20-22-18(23)15-6-4-5-14(21-15)8-17(24)16-7-13(9-19-16)10-25-3/h4-7,9,11-12,19H,8,10H2,1-3H3. The third-order valence-corrected chi connectivity index (χ3v) is 3.86. The molecule has 3 aromatic rings. The van der Waals surface area contributed by atoms with Crippen LogP contribution in [-0.2, 0) is 17.8 Å².